The van der Waals surface area contributed by atoms with E-state index >= 15 is 0 Å². The molecule has 1 aliphatic heterocycles. The van der Waals surface area contributed by atoms with Crippen molar-refractivity contribution in [2.45, 2.75) is 52.2 Å². The van der Waals surface area contributed by atoms with Crippen molar-refractivity contribution in [2.75, 3.05) is 13.1 Å². The number of carbonyl (C=O) groups excluding carboxylic acids is 1. The fourth-order valence-corrected chi connectivity index (χ4v) is 2.21. The molecule has 0 radical (unpaired) electrons. The standard InChI is InChI=1S/C13H25N3O/c1-6-15-12(17)11-10(14)9(2)7-8-16(11)13(3,4)5/h7,10-11H,6,8,14H2,1-5H3,(H,15,17). The lowest BCUT2D eigenvalue weighted by atomic mass is 9.90. The van der Waals surface area contributed by atoms with E-state index < -0.39 is 0 Å². The molecule has 2 atom stereocenters. The highest BCUT2D eigenvalue weighted by Gasteiger charge is 2.39. The smallest absolute Gasteiger partial charge is 0.239 e. The molecule has 0 aromatic carbocycles. The molecular formula is C13H25N3O. The van der Waals surface area contributed by atoms with E-state index in [1.807, 2.05) is 13.8 Å². The Bertz CT molecular complexity index is 317. The zero-order chi connectivity index (χ0) is 13.2. The van der Waals surface area contributed by atoms with Gasteiger partial charge in [-0.1, -0.05) is 11.6 Å². The van der Waals surface area contributed by atoms with Crippen LogP contribution in [0.1, 0.15) is 34.6 Å². The van der Waals surface area contributed by atoms with Crippen LogP contribution in [0.5, 0.6) is 0 Å². The normalized spacial score (nSPS) is 26.6. The van der Waals surface area contributed by atoms with E-state index in [9.17, 15) is 4.79 Å². The van der Waals surface area contributed by atoms with Gasteiger partial charge in [-0.25, -0.2) is 0 Å². The first-order chi connectivity index (χ1) is 7.79. The molecule has 0 bridgehead atoms. The van der Waals surface area contributed by atoms with Gasteiger partial charge in [0.1, 0.15) is 6.04 Å². The van der Waals surface area contributed by atoms with Gasteiger partial charge in [-0.15, -0.1) is 0 Å². The van der Waals surface area contributed by atoms with Crippen molar-refractivity contribution >= 4 is 5.91 Å². The molecule has 0 aromatic heterocycles. The Morgan fingerprint density at radius 1 is 1.59 bits per heavy atom. The van der Waals surface area contributed by atoms with Gasteiger partial charge >= 0.3 is 0 Å². The maximum atomic E-state index is 12.2. The van der Waals surface area contributed by atoms with E-state index in [-0.39, 0.29) is 23.5 Å². The summed E-state index contributed by atoms with van der Waals surface area (Å²) in [5.74, 6) is 0.0300. The largest absolute Gasteiger partial charge is 0.355 e. The van der Waals surface area contributed by atoms with E-state index in [0.717, 1.165) is 12.1 Å². The molecule has 1 rings (SSSR count). The first kappa shape index (κ1) is 14.2. The maximum Gasteiger partial charge on any atom is 0.239 e. The highest BCUT2D eigenvalue weighted by molar-refractivity contribution is 5.83. The van der Waals surface area contributed by atoms with Crippen LogP contribution in [0.3, 0.4) is 0 Å². The molecule has 4 nitrogen and oxygen atoms in total. The van der Waals surface area contributed by atoms with Gasteiger partial charge in [0.2, 0.25) is 5.91 Å². The van der Waals surface area contributed by atoms with Gasteiger partial charge in [0.15, 0.2) is 0 Å². The SMILES string of the molecule is CCNC(=O)C1C(N)C(C)=CCN1C(C)(C)C. The van der Waals surface area contributed by atoms with Crippen molar-refractivity contribution in [2.24, 2.45) is 5.73 Å². The summed E-state index contributed by atoms with van der Waals surface area (Å²) in [6, 6.07) is -0.477. The summed E-state index contributed by atoms with van der Waals surface area (Å²) in [5.41, 5.74) is 7.20. The van der Waals surface area contributed by atoms with Crippen LogP contribution < -0.4 is 11.1 Å². The second kappa shape index (κ2) is 5.19. The van der Waals surface area contributed by atoms with E-state index in [1.165, 1.54) is 0 Å². The van der Waals surface area contributed by atoms with Crippen LogP contribution >= 0.6 is 0 Å². The molecule has 0 aliphatic carbocycles. The van der Waals surface area contributed by atoms with Gasteiger partial charge in [0.05, 0.1) is 6.04 Å². The van der Waals surface area contributed by atoms with Crippen molar-refractivity contribution in [1.82, 2.24) is 10.2 Å². The third-order valence-electron chi connectivity index (χ3n) is 3.29. The van der Waals surface area contributed by atoms with Crippen LogP contribution in [0.25, 0.3) is 0 Å². The number of amides is 1. The fraction of sp³-hybridized carbons (Fsp3) is 0.769. The molecule has 1 heterocycles. The summed E-state index contributed by atoms with van der Waals surface area (Å²) >= 11 is 0. The third kappa shape index (κ3) is 3.07. The average molecular weight is 239 g/mol. The number of nitrogens with zero attached hydrogens (tertiary/aromatic N) is 1. The van der Waals surface area contributed by atoms with Crippen LogP contribution in [0.4, 0.5) is 0 Å². The minimum absolute atomic E-state index is 0.0300. The summed E-state index contributed by atoms with van der Waals surface area (Å²) in [6.45, 7) is 11.7. The van der Waals surface area contributed by atoms with Crippen LogP contribution in [0, 0.1) is 0 Å². The minimum atomic E-state index is -0.264. The van der Waals surface area contributed by atoms with E-state index in [4.69, 9.17) is 5.73 Å². The van der Waals surface area contributed by atoms with Crippen molar-refractivity contribution in [1.29, 1.82) is 0 Å². The lowest BCUT2D eigenvalue weighted by molar-refractivity contribution is -0.129. The molecular weight excluding hydrogens is 214 g/mol. The van der Waals surface area contributed by atoms with E-state index in [2.05, 4.69) is 37.1 Å². The predicted molar refractivity (Wildman–Crippen MR) is 70.7 cm³/mol. The summed E-state index contributed by atoms with van der Waals surface area (Å²) in [4.78, 5) is 14.3. The zero-order valence-corrected chi connectivity index (χ0v) is 11.6. The minimum Gasteiger partial charge on any atom is -0.355 e. The Hall–Kier alpha value is -0.870. The second-order valence-electron chi connectivity index (χ2n) is 5.64. The summed E-state index contributed by atoms with van der Waals surface area (Å²) in [6.07, 6.45) is 2.12. The Morgan fingerprint density at radius 2 is 2.18 bits per heavy atom. The van der Waals surface area contributed by atoms with Gasteiger partial charge < -0.3 is 11.1 Å². The van der Waals surface area contributed by atoms with Crippen molar-refractivity contribution in [3.05, 3.63) is 11.6 Å². The van der Waals surface area contributed by atoms with Gasteiger partial charge in [-0.05, 0) is 34.6 Å². The number of likely N-dealkylation sites (N-methyl/N-ethyl adjacent to an activating group) is 1. The maximum absolute atomic E-state index is 12.2. The number of nitrogens with one attached hydrogen (secondary N) is 1. The molecule has 1 amide bonds. The van der Waals surface area contributed by atoms with Gasteiger partial charge in [-0.3, -0.25) is 9.69 Å². The van der Waals surface area contributed by atoms with Crippen molar-refractivity contribution in [3.8, 4) is 0 Å². The Labute approximate surface area is 104 Å². The van der Waals surface area contributed by atoms with E-state index in [0.29, 0.717) is 6.54 Å². The Kier molecular flexibility index (Phi) is 4.33. The zero-order valence-electron chi connectivity index (χ0n) is 11.6. The highest BCUT2D eigenvalue weighted by Crippen LogP contribution is 2.25. The van der Waals surface area contributed by atoms with Gasteiger partial charge in [0.25, 0.3) is 0 Å². The lowest BCUT2D eigenvalue weighted by Crippen LogP contribution is -2.63. The number of carbonyl (C=O) groups is 1. The summed E-state index contributed by atoms with van der Waals surface area (Å²) in [7, 11) is 0. The molecule has 2 unspecified atom stereocenters. The van der Waals surface area contributed by atoms with Crippen LogP contribution in [0.2, 0.25) is 0 Å². The number of hydrogen-bond donors (Lipinski definition) is 2. The fourth-order valence-electron chi connectivity index (χ4n) is 2.21. The first-order valence-corrected chi connectivity index (χ1v) is 6.25. The number of hydrogen-bond acceptors (Lipinski definition) is 3. The molecule has 1 aliphatic rings. The lowest BCUT2D eigenvalue weighted by Gasteiger charge is -2.45. The number of rotatable bonds is 2. The topological polar surface area (TPSA) is 58.4 Å². The van der Waals surface area contributed by atoms with E-state index in [1.54, 1.807) is 0 Å². The van der Waals surface area contributed by atoms with Gasteiger partial charge in [0, 0.05) is 18.6 Å². The predicted octanol–water partition coefficient (Wildman–Crippen LogP) is 0.879. The van der Waals surface area contributed by atoms with Crippen LogP contribution in [-0.4, -0.2) is 41.5 Å². The average Bonchev–Trinajstić information content (AvgIpc) is 2.20. The Morgan fingerprint density at radius 3 is 2.65 bits per heavy atom. The van der Waals surface area contributed by atoms with Gasteiger partial charge in [-0.2, -0.15) is 0 Å². The third-order valence-corrected chi connectivity index (χ3v) is 3.29. The van der Waals surface area contributed by atoms with Crippen LogP contribution in [-0.2, 0) is 4.79 Å². The monoisotopic (exact) mass is 239 g/mol. The summed E-state index contributed by atoms with van der Waals surface area (Å²) in [5, 5.41) is 2.88. The van der Waals surface area contributed by atoms with Crippen molar-refractivity contribution < 1.29 is 4.79 Å². The molecule has 4 heteroatoms. The molecule has 3 N–H and O–H groups in total. The van der Waals surface area contributed by atoms with Crippen LogP contribution in [0.15, 0.2) is 11.6 Å². The summed E-state index contributed by atoms with van der Waals surface area (Å²) < 4.78 is 0. The second-order valence-corrected chi connectivity index (χ2v) is 5.64. The number of nitrogens with two attached hydrogens (primary N) is 1. The highest BCUT2D eigenvalue weighted by atomic mass is 16.2. The molecule has 98 valence electrons. The molecule has 0 saturated carbocycles. The molecule has 0 spiro atoms. The molecule has 17 heavy (non-hydrogen) atoms. The molecule has 0 fully saturated rings. The quantitative estimate of drug-likeness (QED) is 0.703. The van der Waals surface area contributed by atoms with Crippen molar-refractivity contribution in [3.63, 3.8) is 0 Å². The molecule has 0 saturated heterocycles. The molecule has 0 aromatic rings. The Balaban J connectivity index is 3.00. The first-order valence-electron chi connectivity index (χ1n) is 6.25.